The van der Waals surface area contributed by atoms with Gasteiger partial charge in [-0.1, -0.05) is 36.4 Å². The van der Waals surface area contributed by atoms with Crippen LogP contribution >= 0.6 is 0 Å². The second-order valence-corrected chi connectivity index (χ2v) is 4.14. The van der Waals surface area contributed by atoms with Crippen molar-refractivity contribution in [2.24, 2.45) is 0 Å². The van der Waals surface area contributed by atoms with E-state index in [1.165, 1.54) is 0 Å². The van der Waals surface area contributed by atoms with Crippen molar-refractivity contribution in [2.75, 3.05) is 0 Å². The maximum absolute atomic E-state index is 9.98. The fourth-order valence-electron chi connectivity index (χ4n) is 1.86. The zero-order valence-electron chi connectivity index (χ0n) is 9.79. The summed E-state index contributed by atoms with van der Waals surface area (Å²) in [7, 11) is 0. The molecular formula is C15H17NO. The molecule has 1 aromatic carbocycles. The highest BCUT2D eigenvalue weighted by Crippen LogP contribution is 2.18. The van der Waals surface area contributed by atoms with Gasteiger partial charge in [-0.3, -0.25) is 4.98 Å². The molecular weight excluding hydrogens is 210 g/mol. The van der Waals surface area contributed by atoms with Crippen molar-refractivity contribution in [3.05, 3.63) is 66.0 Å². The van der Waals surface area contributed by atoms with E-state index in [1.807, 2.05) is 54.7 Å². The van der Waals surface area contributed by atoms with Crippen LogP contribution in [-0.4, -0.2) is 10.1 Å². The molecule has 0 bridgehead atoms. The Morgan fingerprint density at radius 3 is 2.47 bits per heavy atom. The second-order valence-electron chi connectivity index (χ2n) is 4.14. The standard InChI is InChI=1S/C15H17NO/c17-15(13-7-2-1-3-8-13)11-6-10-14-9-4-5-12-16-14/h1-5,7-9,12,15,17H,6,10-11H2. The van der Waals surface area contributed by atoms with Gasteiger partial charge in [-0.05, 0) is 37.0 Å². The summed E-state index contributed by atoms with van der Waals surface area (Å²) in [5, 5.41) is 9.98. The van der Waals surface area contributed by atoms with Gasteiger partial charge in [-0.2, -0.15) is 0 Å². The van der Waals surface area contributed by atoms with Crippen molar-refractivity contribution >= 4 is 0 Å². The summed E-state index contributed by atoms with van der Waals surface area (Å²) in [6, 6.07) is 15.7. The summed E-state index contributed by atoms with van der Waals surface area (Å²) >= 11 is 0. The van der Waals surface area contributed by atoms with Crippen molar-refractivity contribution in [3.8, 4) is 0 Å². The molecule has 1 aromatic heterocycles. The van der Waals surface area contributed by atoms with E-state index in [1.54, 1.807) is 0 Å². The highest BCUT2D eigenvalue weighted by Gasteiger charge is 2.06. The molecule has 2 nitrogen and oxygen atoms in total. The molecule has 0 saturated carbocycles. The normalized spacial score (nSPS) is 12.3. The zero-order chi connectivity index (χ0) is 11.9. The van der Waals surface area contributed by atoms with E-state index < -0.39 is 0 Å². The monoisotopic (exact) mass is 227 g/mol. The quantitative estimate of drug-likeness (QED) is 0.851. The summed E-state index contributed by atoms with van der Waals surface area (Å²) in [5.74, 6) is 0. The van der Waals surface area contributed by atoms with Crippen molar-refractivity contribution in [2.45, 2.75) is 25.4 Å². The highest BCUT2D eigenvalue weighted by molar-refractivity contribution is 5.17. The fourth-order valence-corrected chi connectivity index (χ4v) is 1.86. The first-order chi connectivity index (χ1) is 8.36. The van der Waals surface area contributed by atoms with Crippen LogP contribution in [0.3, 0.4) is 0 Å². The molecule has 0 fully saturated rings. The van der Waals surface area contributed by atoms with Gasteiger partial charge in [-0.25, -0.2) is 0 Å². The molecule has 1 N–H and O–H groups in total. The Morgan fingerprint density at radius 1 is 1.00 bits per heavy atom. The Morgan fingerprint density at radius 2 is 1.76 bits per heavy atom. The number of aromatic nitrogens is 1. The van der Waals surface area contributed by atoms with Crippen LogP contribution in [0.2, 0.25) is 0 Å². The third kappa shape index (κ3) is 3.68. The average Bonchev–Trinajstić information content (AvgIpc) is 2.41. The van der Waals surface area contributed by atoms with Crippen LogP contribution in [-0.2, 0) is 6.42 Å². The average molecular weight is 227 g/mol. The number of benzene rings is 1. The molecule has 2 heteroatoms. The molecule has 1 unspecified atom stereocenters. The molecule has 2 aromatic rings. The predicted molar refractivity (Wildman–Crippen MR) is 68.6 cm³/mol. The first-order valence-corrected chi connectivity index (χ1v) is 5.99. The topological polar surface area (TPSA) is 33.1 Å². The maximum Gasteiger partial charge on any atom is 0.0790 e. The van der Waals surface area contributed by atoms with Crippen LogP contribution in [0.4, 0.5) is 0 Å². The van der Waals surface area contributed by atoms with E-state index in [2.05, 4.69) is 4.98 Å². The smallest absolute Gasteiger partial charge is 0.0790 e. The molecule has 0 spiro atoms. The van der Waals surface area contributed by atoms with Crippen LogP contribution in [0, 0.1) is 0 Å². The fraction of sp³-hybridized carbons (Fsp3) is 0.267. The minimum atomic E-state index is -0.361. The van der Waals surface area contributed by atoms with Gasteiger partial charge >= 0.3 is 0 Å². The molecule has 0 aliphatic carbocycles. The molecule has 88 valence electrons. The molecule has 0 aliphatic rings. The minimum absolute atomic E-state index is 0.361. The van der Waals surface area contributed by atoms with E-state index in [9.17, 15) is 5.11 Å². The van der Waals surface area contributed by atoms with Crippen molar-refractivity contribution < 1.29 is 5.11 Å². The van der Waals surface area contributed by atoms with Gasteiger partial charge in [0.1, 0.15) is 0 Å². The molecule has 17 heavy (non-hydrogen) atoms. The number of aryl methyl sites for hydroxylation is 1. The molecule has 0 aliphatic heterocycles. The summed E-state index contributed by atoms with van der Waals surface area (Å²) < 4.78 is 0. The van der Waals surface area contributed by atoms with Crippen LogP contribution in [0.5, 0.6) is 0 Å². The summed E-state index contributed by atoms with van der Waals surface area (Å²) in [6.45, 7) is 0. The number of nitrogens with zero attached hydrogens (tertiary/aromatic N) is 1. The zero-order valence-corrected chi connectivity index (χ0v) is 9.79. The van der Waals surface area contributed by atoms with Gasteiger partial charge in [0, 0.05) is 11.9 Å². The van der Waals surface area contributed by atoms with Gasteiger partial charge in [0.25, 0.3) is 0 Å². The Kier molecular flexibility index (Phi) is 4.28. The van der Waals surface area contributed by atoms with Crippen molar-refractivity contribution in [3.63, 3.8) is 0 Å². The first kappa shape index (κ1) is 11.8. The van der Waals surface area contributed by atoms with Gasteiger partial charge < -0.3 is 5.11 Å². The Labute approximate surface area is 102 Å². The number of hydrogen-bond donors (Lipinski definition) is 1. The lowest BCUT2D eigenvalue weighted by molar-refractivity contribution is 0.164. The number of pyridine rings is 1. The summed E-state index contributed by atoms with van der Waals surface area (Å²) in [5.41, 5.74) is 2.08. The Hall–Kier alpha value is -1.67. The van der Waals surface area contributed by atoms with E-state index in [-0.39, 0.29) is 6.10 Å². The molecule has 0 radical (unpaired) electrons. The lowest BCUT2D eigenvalue weighted by atomic mass is 10.0. The SMILES string of the molecule is OC(CCCc1ccccn1)c1ccccc1. The van der Waals surface area contributed by atoms with Crippen molar-refractivity contribution in [1.82, 2.24) is 4.98 Å². The van der Waals surface area contributed by atoms with Crippen molar-refractivity contribution in [1.29, 1.82) is 0 Å². The maximum atomic E-state index is 9.98. The van der Waals surface area contributed by atoms with Crippen LogP contribution in [0.15, 0.2) is 54.7 Å². The predicted octanol–water partition coefficient (Wildman–Crippen LogP) is 3.14. The van der Waals surface area contributed by atoms with Crippen LogP contribution in [0.25, 0.3) is 0 Å². The van der Waals surface area contributed by atoms with Gasteiger partial charge in [-0.15, -0.1) is 0 Å². The second kappa shape index (κ2) is 6.16. The molecule has 0 saturated heterocycles. The summed E-state index contributed by atoms with van der Waals surface area (Å²) in [6.07, 6.45) is 4.10. The number of aliphatic hydroxyl groups is 1. The lowest BCUT2D eigenvalue weighted by Crippen LogP contribution is -1.98. The molecule has 1 atom stereocenters. The van der Waals surface area contributed by atoms with Gasteiger partial charge in [0.2, 0.25) is 0 Å². The Balaban J connectivity index is 1.79. The highest BCUT2D eigenvalue weighted by atomic mass is 16.3. The third-order valence-electron chi connectivity index (χ3n) is 2.82. The number of rotatable bonds is 5. The molecule has 2 rings (SSSR count). The van der Waals surface area contributed by atoms with E-state index in [0.717, 1.165) is 30.5 Å². The minimum Gasteiger partial charge on any atom is -0.388 e. The lowest BCUT2D eigenvalue weighted by Gasteiger charge is -2.10. The Bertz CT molecular complexity index is 427. The summed E-state index contributed by atoms with van der Waals surface area (Å²) in [4.78, 5) is 4.27. The van der Waals surface area contributed by atoms with Gasteiger partial charge in [0.15, 0.2) is 0 Å². The van der Waals surface area contributed by atoms with E-state index in [0.29, 0.717) is 0 Å². The largest absolute Gasteiger partial charge is 0.388 e. The third-order valence-corrected chi connectivity index (χ3v) is 2.82. The first-order valence-electron chi connectivity index (χ1n) is 5.99. The van der Waals surface area contributed by atoms with Crippen LogP contribution < -0.4 is 0 Å². The van der Waals surface area contributed by atoms with Gasteiger partial charge in [0.05, 0.1) is 6.10 Å². The van der Waals surface area contributed by atoms with E-state index in [4.69, 9.17) is 0 Å². The van der Waals surface area contributed by atoms with E-state index >= 15 is 0 Å². The number of hydrogen-bond acceptors (Lipinski definition) is 2. The van der Waals surface area contributed by atoms with Crippen LogP contribution in [0.1, 0.15) is 30.2 Å². The molecule has 0 amide bonds. The molecule has 1 heterocycles. The number of aliphatic hydroxyl groups excluding tert-OH is 1.